The summed E-state index contributed by atoms with van der Waals surface area (Å²) in [6, 6.07) is 11.6. The van der Waals surface area contributed by atoms with Gasteiger partial charge in [-0.15, -0.1) is 11.3 Å². The minimum Gasteiger partial charge on any atom is -0.497 e. The van der Waals surface area contributed by atoms with Gasteiger partial charge in [0.05, 0.1) is 12.8 Å². The molecule has 0 unspecified atom stereocenters. The summed E-state index contributed by atoms with van der Waals surface area (Å²) in [5.74, 6) is 0.380. The third-order valence-electron chi connectivity index (χ3n) is 3.86. The number of aromatic nitrogens is 1. The molecule has 1 heterocycles. The van der Waals surface area contributed by atoms with E-state index in [4.69, 9.17) is 4.74 Å². The van der Waals surface area contributed by atoms with Gasteiger partial charge in [-0.05, 0) is 42.8 Å². The topological polar surface area (TPSA) is 51.2 Å². The second-order valence-electron chi connectivity index (χ2n) is 5.75. The smallest absolute Gasteiger partial charge is 0.443 e. The standard InChI is InChI=1S/C19H15F3N2O2S/c1-11-9-14(26-2)7-8-15(11)17(25)23-13-5-3-12(4-6-13)16-10-27-18(24-16)19(20,21)22/h3-10H,1-2H3,(H,23,25). The number of ether oxygens (including phenoxy) is 1. The molecule has 0 atom stereocenters. The van der Waals surface area contributed by atoms with E-state index in [0.717, 1.165) is 5.56 Å². The zero-order chi connectivity index (χ0) is 19.6. The van der Waals surface area contributed by atoms with Crippen LogP contribution in [0.15, 0.2) is 47.8 Å². The number of nitrogens with one attached hydrogen (secondary N) is 1. The van der Waals surface area contributed by atoms with Crippen molar-refractivity contribution < 1.29 is 22.7 Å². The highest BCUT2D eigenvalue weighted by molar-refractivity contribution is 7.10. The number of amides is 1. The van der Waals surface area contributed by atoms with Crippen molar-refractivity contribution in [2.45, 2.75) is 13.1 Å². The van der Waals surface area contributed by atoms with E-state index in [2.05, 4.69) is 10.3 Å². The van der Waals surface area contributed by atoms with E-state index < -0.39 is 11.2 Å². The maximum Gasteiger partial charge on any atom is 0.443 e. The number of thiazole rings is 1. The first-order valence-corrected chi connectivity index (χ1v) is 8.75. The highest BCUT2D eigenvalue weighted by atomic mass is 32.1. The molecule has 0 aliphatic heterocycles. The molecule has 0 spiro atoms. The molecule has 1 N–H and O–H groups in total. The Kier molecular flexibility index (Phi) is 5.18. The maximum atomic E-state index is 12.7. The van der Waals surface area contributed by atoms with Crippen molar-refractivity contribution in [1.82, 2.24) is 4.98 Å². The van der Waals surface area contributed by atoms with E-state index in [1.54, 1.807) is 56.5 Å². The van der Waals surface area contributed by atoms with Gasteiger partial charge in [0.1, 0.15) is 5.75 Å². The van der Waals surface area contributed by atoms with E-state index in [1.165, 1.54) is 5.38 Å². The summed E-state index contributed by atoms with van der Waals surface area (Å²) < 4.78 is 43.1. The highest BCUT2D eigenvalue weighted by Crippen LogP contribution is 2.34. The molecule has 3 aromatic rings. The number of carbonyl (C=O) groups is 1. The van der Waals surface area contributed by atoms with E-state index in [1.807, 2.05) is 0 Å². The number of benzene rings is 2. The molecular formula is C19H15F3N2O2S. The van der Waals surface area contributed by atoms with Crippen molar-refractivity contribution in [3.05, 3.63) is 64.0 Å². The van der Waals surface area contributed by atoms with Gasteiger partial charge in [-0.1, -0.05) is 12.1 Å². The first-order chi connectivity index (χ1) is 12.8. The molecule has 3 rings (SSSR count). The van der Waals surface area contributed by atoms with Crippen LogP contribution in [0.2, 0.25) is 0 Å². The Morgan fingerprint density at radius 1 is 1.15 bits per heavy atom. The van der Waals surface area contributed by atoms with E-state index >= 15 is 0 Å². The van der Waals surface area contributed by atoms with Crippen LogP contribution in [0.4, 0.5) is 18.9 Å². The lowest BCUT2D eigenvalue weighted by Crippen LogP contribution is -2.13. The molecule has 0 saturated carbocycles. The molecule has 8 heteroatoms. The predicted octanol–water partition coefficient (Wildman–Crippen LogP) is 5.40. The maximum absolute atomic E-state index is 12.7. The van der Waals surface area contributed by atoms with Crippen molar-refractivity contribution in [3.8, 4) is 17.0 Å². The first kappa shape index (κ1) is 18.9. The number of nitrogens with zero attached hydrogens (tertiary/aromatic N) is 1. The van der Waals surface area contributed by atoms with Crippen molar-refractivity contribution >= 4 is 22.9 Å². The monoisotopic (exact) mass is 392 g/mol. The lowest BCUT2D eigenvalue weighted by molar-refractivity contribution is -0.137. The number of anilines is 1. The Morgan fingerprint density at radius 2 is 1.85 bits per heavy atom. The molecule has 140 valence electrons. The Labute approximate surface area is 157 Å². The number of carbonyl (C=O) groups excluding carboxylic acids is 1. The van der Waals surface area contributed by atoms with Crippen LogP contribution in [0.3, 0.4) is 0 Å². The number of hydrogen-bond donors (Lipinski definition) is 1. The summed E-state index contributed by atoms with van der Waals surface area (Å²) in [4.78, 5) is 16.0. The molecule has 1 amide bonds. The molecule has 0 aliphatic rings. The summed E-state index contributed by atoms with van der Waals surface area (Å²) >= 11 is 0.552. The van der Waals surface area contributed by atoms with Gasteiger partial charge in [0.2, 0.25) is 0 Å². The quantitative estimate of drug-likeness (QED) is 0.647. The summed E-state index contributed by atoms with van der Waals surface area (Å²) in [5.41, 5.74) is 2.60. The van der Waals surface area contributed by atoms with Crippen LogP contribution in [-0.2, 0) is 6.18 Å². The van der Waals surface area contributed by atoms with E-state index in [0.29, 0.717) is 33.9 Å². The Bertz CT molecular complexity index is 966. The molecule has 0 fully saturated rings. The van der Waals surface area contributed by atoms with Gasteiger partial charge in [-0.3, -0.25) is 4.79 Å². The van der Waals surface area contributed by atoms with Gasteiger partial charge in [-0.25, -0.2) is 4.98 Å². The number of alkyl halides is 3. The average Bonchev–Trinajstić information content (AvgIpc) is 3.12. The van der Waals surface area contributed by atoms with Crippen LogP contribution in [0, 0.1) is 6.92 Å². The van der Waals surface area contributed by atoms with Gasteiger partial charge in [-0.2, -0.15) is 13.2 Å². The SMILES string of the molecule is COc1ccc(C(=O)Nc2ccc(-c3csc(C(F)(F)F)n3)cc2)c(C)c1. The summed E-state index contributed by atoms with van der Waals surface area (Å²) in [6.45, 7) is 1.81. The van der Waals surface area contributed by atoms with Crippen LogP contribution in [-0.4, -0.2) is 18.0 Å². The normalized spacial score (nSPS) is 11.3. The lowest BCUT2D eigenvalue weighted by Gasteiger charge is -2.09. The zero-order valence-electron chi connectivity index (χ0n) is 14.4. The van der Waals surface area contributed by atoms with Crippen LogP contribution in [0.1, 0.15) is 20.9 Å². The molecule has 0 bridgehead atoms. The van der Waals surface area contributed by atoms with Crippen molar-refractivity contribution in [2.75, 3.05) is 12.4 Å². The fourth-order valence-corrected chi connectivity index (χ4v) is 3.17. The van der Waals surface area contributed by atoms with Crippen LogP contribution < -0.4 is 10.1 Å². The first-order valence-electron chi connectivity index (χ1n) is 7.87. The van der Waals surface area contributed by atoms with E-state index in [9.17, 15) is 18.0 Å². The number of halogens is 3. The average molecular weight is 392 g/mol. The van der Waals surface area contributed by atoms with Gasteiger partial charge in [0.15, 0.2) is 5.01 Å². The lowest BCUT2D eigenvalue weighted by atomic mass is 10.1. The molecule has 0 aliphatic carbocycles. The second kappa shape index (κ2) is 7.40. The zero-order valence-corrected chi connectivity index (χ0v) is 15.2. The molecule has 4 nitrogen and oxygen atoms in total. The van der Waals surface area contributed by atoms with E-state index in [-0.39, 0.29) is 11.6 Å². The Balaban J connectivity index is 1.74. The number of rotatable bonds is 4. The number of hydrogen-bond acceptors (Lipinski definition) is 4. The molecule has 0 saturated heterocycles. The largest absolute Gasteiger partial charge is 0.497 e. The molecule has 2 aromatic carbocycles. The second-order valence-corrected chi connectivity index (χ2v) is 6.61. The molecule has 0 radical (unpaired) electrons. The Hall–Kier alpha value is -2.87. The van der Waals surface area contributed by atoms with Crippen molar-refractivity contribution in [1.29, 1.82) is 0 Å². The van der Waals surface area contributed by atoms with Gasteiger partial charge in [0, 0.05) is 22.2 Å². The van der Waals surface area contributed by atoms with Gasteiger partial charge >= 0.3 is 6.18 Å². The Morgan fingerprint density at radius 3 is 2.41 bits per heavy atom. The van der Waals surface area contributed by atoms with Crippen molar-refractivity contribution in [3.63, 3.8) is 0 Å². The minimum atomic E-state index is -4.45. The van der Waals surface area contributed by atoms with Crippen LogP contribution in [0.25, 0.3) is 11.3 Å². The third-order valence-corrected chi connectivity index (χ3v) is 4.75. The summed E-state index contributed by atoms with van der Waals surface area (Å²) in [5, 5.41) is 3.24. The molecule has 27 heavy (non-hydrogen) atoms. The third kappa shape index (κ3) is 4.28. The van der Waals surface area contributed by atoms with Crippen LogP contribution in [0.5, 0.6) is 5.75 Å². The number of methoxy groups -OCH3 is 1. The molecule has 1 aromatic heterocycles. The minimum absolute atomic E-state index is 0.246. The highest BCUT2D eigenvalue weighted by Gasteiger charge is 2.34. The molecular weight excluding hydrogens is 377 g/mol. The fraction of sp³-hybridized carbons (Fsp3) is 0.158. The fourth-order valence-electron chi connectivity index (χ4n) is 2.48. The van der Waals surface area contributed by atoms with Gasteiger partial charge < -0.3 is 10.1 Å². The van der Waals surface area contributed by atoms with Gasteiger partial charge in [0.25, 0.3) is 5.91 Å². The van der Waals surface area contributed by atoms with Crippen LogP contribution >= 0.6 is 11.3 Å². The van der Waals surface area contributed by atoms with Crippen molar-refractivity contribution in [2.24, 2.45) is 0 Å². The predicted molar refractivity (Wildman–Crippen MR) is 98.2 cm³/mol. The summed E-state index contributed by atoms with van der Waals surface area (Å²) in [7, 11) is 1.55. The number of aryl methyl sites for hydroxylation is 1. The summed E-state index contributed by atoms with van der Waals surface area (Å²) in [6.07, 6.45) is -4.45.